The summed E-state index contributed by atoms with van der Waals surface area (Å²) in [5, 5.41) is 2.83. The number of rotatable bonds is 3. The first-order chi connectivity index (χ1) is 8.45. The second-order valence-electron chi connectivity index (χ2n) is 3.74. The largest absolute Gasteiger partial charge is 0.450 e. The standard InChI is InChI=1S/C12H15ClN2O3/c1-4-18-12(17)14-10-7-8(5-6-9(10)13)11(16)15(2)3/h5-7H,4H2,1-3H3,(H,14,17). The van der Waals surface area contributed by atoms with Crippen LogP contribution in [0.5, 0.6) is 0 Å². The minimum absolute atomic E-state index is 0.168. The Morgan fingerprint density at radius 3 is 2.61 bits per heavy atom. The van der Waals surface area contributed by atoms with Crippen LogP contribution in [0, 0.1) is 0 Å². The molecule has 0 aliphatic carbocycles. The molecule has 18 heavy (non-hydrogen) atoms. The molecule has 0 unspecified atom stereocenters. The van der Waals surface area contributed by atoms with Crippen molar-refractivity contribution in [2.24, 2.45) is 0 Å². The van der Waals surface area contributed by atoms with Crippen molar-refractivity contribution < 1.29 is 14.3 Å². The van der Waals surface area contributed by atoms with Gasteiger partial charge in [-0.25, -0.2) is 4.79 Å². The van der Waals surface area contributed by atoms with Gasteiger partial charge in [-0.3, -0.25) is 10.1 Å². The lowest BCUT2D eigenvalue weighted by Gasteiger charge is -2.12. The van der Waals surface area contributed by atoms with Crippen molar-refractivity contribution in [1.29, 1.82) is 0 Å². The number of nitrogens with zero attached hydrogens (tertiary/aromatic N) is 1. The number of anilines is 1. The van der Waals surface area contributed by atoms with Crippen molar-refractivity contribution in [3.8, 4) is 0 Å². The SMILES string of the molecule is CCOC(=O)Nc1cc(C(=O)N(C)C)ccc1Cl. The molecule has 2 amide bonds. The van der Waals surface area contributed by atoms with E-state index in [0.717, 1.165) is 0 Å². The van der Waals surface area contributed by atoms with E-state index in [4.69, 9.17) is 16.3 Å². The van der Waals surface area contributed by atoms with E-state index in [1.54, 1.807) is 33.2 Å². The van der Waals surface area contributed by atoms with Crippen LogP contribution < -0.4 is 5.32 Å². The van der Waals surface area contributed by atoms with Crippen LogP contribution in [0.15, 0.2) is 18.2 Å². The lowest BCUT2D eigenvalue weighted by molar-refractivity contribution is 0.0827. The zero-order valence-electron chi connectivity index (χ0n) is 10.5. The highest BCUT2D eigenvalue weighted by atomic mass is 35.5. The minimum Gasteiger partial charge on any atom is -0.450 e. The molecular formula is C12H15ClN2O3. The Kier molecular flexibility index (Phi) is 4.97. The Bertz CT molecular complexity index is 461. The molecule has 5 nitrogen and oxygen atoms in total. The maximum Gasteiger partial charge on any atom is 0.411 e. The normalized spacial score (nSPS) is 9.78. The number of carbonyl (C=O) groups is 2. The average molecular weight is 271 g/mol. The zero-order valence-corrected chi connectivity index (χ0v) is 11.2. The number of hydrogen-bond donors (Lipinski definition) is 1. The van der Waals surface area contributed by atoms with E-state index in [1.165, 1.54) is 11.0 Å². The third-order valence-electron chi connectivity index (χ3n) is 2.13. The Hall–Kier alpha value is -1.75. The minimum atomic E-state index is -0.603. The highest BCUT2D eigenvalue weighted by Crippen LogP contribution is 2.23. The molecule has 1 aromatic rings. The molecule has 6 heteroatoms. The molecule has 1 aromatic carbocycles. The van der Waals surface area contributed by atoms with E-state index in [2.05, 4.69) is 5.32 Å². The number of nitrogens with one attached hydrogen (secondary N) is 1. The Labute approximate surface area is 111 Å². The molecule has 0 atom stereocenters. The highest BCUT2D eigenvalue weighted by molar-refractivity contribution is 6.33. The molecule has 0 spiro atoms. The third kappa shape index (κ3) is 3.63. The van der Waals surface area contributed by atoms with Crippen molar-refractivity contribution in [3.63, 3.8) is 0 Å². The second-order valence-corrected chi connectivity index (χ2v) is 4.15. The maximum atomic E-state index is 11.8. The van der Waals surface area contributed by atoms with Crippen LogP contribution in [0.2, 0.25) is 5.02 Å². The van der Waals surface area contributed by atoms with Gasteiger partial charge in [-0.2, -0.15) is 0 Å². The molecule has 0 saturated heterocycles. The van der Waals surface area contributed by atoms with Gasteiger partial charge in [-0.15, -0.1) is 0 Å². The summed E-state index contributed by atoms with van der Waals surface area (Å²) < 4.78 is 4.74. The molecule has 0 heterocycles. The van der Waals surface area contributed by atoms with Gasteiger partial charge < -0.3 is 9.64 Å². The first kappa shape index (κ1) is 14.3. The van der Waals surface area contributed by atoms with Gasteiger partial charge >= 0.3 is 6.09 Å². The summed E-state index contributed by atoms with van der Waals surface area (Å²) in [6.45, 7) is 1.97. The Morgan fingerprint density at radius 1 is 1.39 bits per heavy atom. The van der Waals surface area contributed by atoms with Crippen molar-refractivity contribution in [1.82, 2.24) is 4.90 Å². The van der Waals surface area contributed by atoms with E-state index in [0.29, 0.717) is 16.3 Å². The summed E-state index contributed by atoms with van der Waals surface area (Å²) in [7, 11) is 3.30. The van der Waals surface area contributed by atoms with Crippen LogP contribution in [0.3, 0.4) is 0 Å². The van der Waals surface area contributed by atoms with Crippen LogP contribution >= 0.6 is 11.6 Å². The van der Waals surface area contributed by atoms with E-state index in [-0.39, 0.29) is 12.5 Å². The highest BCUT2D eigenvalue weighted by Gasteiger charge is 2.12. The number of hydrogen-bond acceptors (Lipinski definition) is 3. The summed E-state index contributed by atoms with van der Waals surface area (Å²) in [5.74, 6) is -0.168. The molecule has 0 bridgehead atoms. The molecular weight excluding hydrogens is 256 g/mol. The molecule has 98 valence electrons. The first-order valence-electron chi connectivity index (χ1n) is 5.40. The van der Waals surface area contributed by atoms with E-state index >= 15 is 0 Å². The molecule has 1 rings (SSSR count). The van der Waals surface area contributed by atoms with Crippen LogP contribution in [-0.2, 0) is 4.74 Å². The molecule has 0 aliphatic heterocycles. The van der Waals surface area contributed by atoms with Crippen molar-refractivity contribution in [3.05, 3.63) is 28.8 Å². The van der Waals surface area contributed by atoms with Gasteiger partial charge in [0.25, 0.3) is 5.91 Å². The maximum absolute atomic E-state index is 11.8. The van der Waals surface area contributed by atoms with Gasteiger partial charge in [0.2, 0.25) is 0 Å². The summed E-state index contributed by atoms with van der Waals surface area (Å²) in [5.41, 5.74) is 0.791. The number of ether oxygens (including phenoxy) is 1. The molecule has 0 aliphatic rings. The van der Waals surface area contributed by atoms with Crippen molar-refractivity contribution >= 4 is 29.3 Å². The third-order valence-corrected chi connectivity index (χ3v) is 2.46. The number of carbonyl (C=O) groups excluding carboxylic acids is 2. The number of amides is 2. The summed E-state index contributed by atoms with van der Waals surface area (Å²) >= 11 is 5.93. The van der Waals surface area contributed by atoms with Crippen LogP contribution in [-0.4, -0.2) is 37.6 Å². The molecule has 0 radical (unpaired) electrons. The van der Waals surface area contributed by atoms with Crippen LogP contribution in [0.25, 0.3) is 0 Å². The average Bonchev–Trinajstić information content (AvgIpc) is 2.31. The van der Waals surface area contributed by atoms with E-state index in [1.807, 2.05) is 0 Å². The van der Waals surface area contributed by atoms with Gasteiger partial charge in [0.1, 0.15) is 0 Å². The fourth-order valence-corrected chi connectivity index (χ4v) is 1.45. The monoisotopic (exact) mass is 270 g/mol. The van der Waals surface area contributed by atoms with Crippen molar-refractivity contribution in [2.75, 3.05) is 26.0 Å². The zero-order chi connectivity index (χ0) is 13.7. The van der Waals surface area contributed by atoms with Gasteiger partial charge in [0, 0.05) is 19.7 Å². The predicted molar refractivity (Wildman–Crippen MR) is 70.1 cm³/mol. The smallest absolute Gasteiger partial charge is 0.411 e. The topological polar surface area (TPSA) is 58.6 Å². The van der Waals surface area contributed by atoms with E-state index < -0.39 is 6.09 Å². The van der Waals surface area contributed by atoms with E-state index in [9.17, 15) is 9.59 Å². The van der Waals surface area contributed by atoms with Gasteiger partial charge in [-0.05, 0) is 25.1 Å². The predicted octanol–water partition coefficient (Wildman–Crippen LogP) is 2.61. The number of halogens is 1. The van der Waals surface area contributed by atoms with Gasteiger partial charge in [0.05, 0.1) is 17.3 Å². The van der Waals surface area contributed by atoms with Gasteiger partial charge in [0.15, 0.2) is 0 Å². The van der Waals surface area contributed by atoms with Crippen LogP contribution in [0.4, 0.5) is 10.5 Å². The molecule has 0 aromatic heterocycles. The fraction of sp³-hybridized carbons (Fsp3) is 0.333. The summed E-state index contributed by atoms with van der Waals surface area (Å²) in [6, 6.07) is 4.67. The lowest BCUT2D eigenvalue weighted by atomic mass is 10.2. The quantitative estimate of drug-likeness (QED) is 0.918. The Morgan fingerprint density at radius 2 is 2.06 bits per heavy atom. The first-order valence-corrected chi connectivity index (χ1v) is 5.78. The Balaban J connectivity index is 2.94. The fourth-order valence-electron chi connectivity index (χ4n) is 1.29. The molecule has 0 fully saturated rings. The summed E-state index contributed by atoms with van der Waals surface area (Å²) in [6.07, 6.45) is -0.603. The number of benzene rings is 1. The summed E-state index contributed by atoms with van der Waals surface area (Å²) in [4.78, 5) is 24.5. The van der Waals surface area contributed by atoms with Gasteiger partial charge in [-0.1, -0.05) is 11.6 Å². The van der Waals surface area contributed by atoms with Crippen molar-refractivity contribution in [2.45, 2.75) is 6.92 Å². The second kappa shape index (κ2) is 6.26. The molecule has 0 saturated carbocycles. The molecule has 1 N–H and O–H groups in total. The lowest BCUT2D eigenvalue weighted by Crippen LogP contribution is -2.22. The van der Waals surface area contributed by atoms with Crippen LogP contribution in [0.1, 0.15) is 17.3 Å².